The third-order valence-corrected chi connectivity index (χ3v) is 3.75. The monoisotopic (exact) mass is 345 g/mol. The third-order valence-electron chi connectivity index (χ3n) is 3.75. The van der Waals surface area contributed by atoms with Gasteiger partial charge in [-0.15, -0.1) is 0 Å². The van der Waals surface area contributed by atoms with Gasteiger partial charge in [0.25, 0.3) is 0 Å². The molecule has 6 heteroatoms. The predicted molar refractivity (Wildman–Crippen MR) is 90.7 cm³/mol. The predicted octanol–water partition coefficient (Wildman–Crippen LogP) is 2.72. The number of ether oxygens (including phenoxy) is 3. The summed E-state index contributed by atoms with van der Waals surface area (Å²) < 4.78 is 29.2. The molecule has 1 aliphatic rings. The van der Waals surface area contributed by atoms with Crippen molar-refractivity contribution in [2.24, 2.45) is 0 Å². The summed E-state index contributed by atoms with van der Waals surface area (Å²) >= 11 is 0. The molecule has 0 aliphatic carbocycles. The van der Waals surface area contributed by atoms with Gasteiger partial charge in [0.2, 0.25) is 5.91 Å². The molecular formula is C19H20FNO4. The number of hydrogen-bond donors (Lipinski definition) is 1. The van der Waals surface area contributed by atoms with E-state index in [1.807, 2.05) is 18.2 Å². The lowest BCUT2D eigenvalue weighted by Crippen LogP contribution is -2.28. The lowest BCUT2D eigenvalue weighted by molar-refractivity contribution is -0.121. The SMILES string of the molecule is O=C(CCc1ccc2c(c1)OCCO2)NCCOc1ccc(F)cc1. The lowest BCUT2D eigenvalue weighted by Gasteiger charge is -2.18. The second-order valence-electron chi connectivity index (χ2n) is 5.63. The first-order valence-electron chi connectivity index (χ1n) is 8.24. The highest BCUT2D eigenvalue weighted by Gasteiger charge is 2.12. The molecule has 0 radical (unpaired) electrons. The molecule has 0 aromatic heterocycles. The van der Waals surface area contributed by atoms with Crippen molar-refractivity contribution in [2.45, 2.75) is 12.8 Å². The first-order chi connectivity index (χ1) is 12.2. The highest BCUT2D eigenvalue weighted by atomic mass is 19.1. The molecule has 0 bridgehead atoms. The topological polar surface area (TPSA) is 56.8 Å². The maximum absolute atomic E-state index is 12.8. The second-order valence-corrected chi connectivity index (χ2v) is 5.63. The summed E-state index contributed by atoms with van der Waals surface area (Å²) in [5, 5.41) is 2.80. The first-order valence-corrected chi connectivity index (χ1v) is 8.24. The van der Waals surface area contributed by atoms with E-state index in [1.54, 1.807) is 12.1 Å². The first kappa shape index (κ1) is 17.1. The molecule has 5 nitrogen and oxygen atoms in total. The fraction of sp³-hybridized carbons (Fsp3) is 0.316. The molecule has 132 valence electrons. The average molecular weight is 345 g/mol. The van der Waals surface area contributed by atoms with Gasteiger partial charge in [-0.25, -0.2) is 4.39 Å². The van der Waals surface area contributed by atoms with E-state index in [9.17, 15) is 9.18 Å². The van der Waals surface area contributed by atoms with E-state index in [0.29, 0.717) is 45.0 Å². The van der Waals surface area contributed by atoms with Crippen LogP contribution >= 0.6 is 0 Å². The molecule has 0 saturated carbocycles. The molecule has 3 rings (SSSR count). The van der Waals surface area contributed by atoms with Gasteiger partial charge in [-0.2, -0.15) is 0 Å². The highest BCUT2D eigenvalue weighted by Crippen LogP contribution is 2.31. The summed E-state index contributed by atoms with van der Waals surface area (Å²) in [5.74, 6) is 1.71. The van der Waals surface area contributed by atoms with Crippen molar-refractivity contribution >= 4 is 5.91 Å². The van der Waals surface area contributed by atoms with E-state index >= 15 is 0 Å². The molecule has 1 aliphatic heterocycles. The summed E-state index contributed by atoms with van der Waals surface area (Å²) in [6.45, 7) is 1.85. The lowest BCUT2D eigenvalue weighted by atomic mass is 10.1. The number of benzene rings is 2. The van der Waals surface area contributed by atoms with E-state index in [1.165, 1.54) is 12.1 Å². The Kier molecular flexibility index (Phi) is 5.72. The number of amides is 1. The number of carbonyl (C=O) groups is 1. The number of halogens is 1. The molecule has 1 amide bonds. The quantitative estimate of drug-likeness (QED) is 0.784. The van der Waals surface area contributed by atoms with Gasteiger partial charge in [-0.3, -0.25) is 4.79 Å². The Morgan fingerprint density at radius 3 is 2.64 bits per heavy atom. The van der Waals surface area contributed by atoms with Gasteiger partial charge in [-0.05, 0) is 48.4 Å². The second kappa shape index (κ2) is 8.37. The van der Waals surface area contributed by atoms with Gasteiger partial charge in [-0.1, -0.05) is 6.07 Å². The summed E-state index contributed by atoms with van der Waals surface area (Å²) in [6.07, 6.45) is 1.01. The van der Waals surface area contributed by atoms with Gasteiger partial charge >= 0.3 is 0 Å². The van der Waals surface area contributed by atoms with Crippen molar-refractivity contribution in [3.05, 3.63) is 53.8 Å². The Morgan fingerprint density at radius 1 is 1.08 bits per heavy atom. The van der Waals surface area contributed by atoms with Crippen LogP contribution in [0.5, 0.6) is 17.2 Å². The zero-order chi connectivity index (χ0) is 17.5. The van der Waals surface area contributed by atoms with E-state index < -0.39 is 0 Å². The molecule has 2 aromatic rings. The standard InChI is InChI=1S/C19H20FNO4/c20-15-3-5-16(6-4-15)23-10-9-21-19(22)8-2-14-1-7-17-18(13-14)25-12-11-24-17/h1,3-7,13H,2,8-12H2,(H,21,22). The Morgan fingerprint density at radius 2 is 1.84 bits per heavy atom. The van der Waals surface area contributed by atoms with Crippen molar-refractivity contribution in [3.8, 4) is 17.2 Å². The summed E-state index contributed by atoms with van der Waals surface area (Å²) in [5.41, 5.74) is 1.03. The fourth-order valence-corrected chi connectivity index (χ4v) is 2.48. The third kappa shape index (κ3) is 5.11. The van der Waals surface area contributed by atoms with Crippen LogP contribution in [0.15, 0.2) is 42.5 Å². The zero-order valence-corrected chi connectivity index (χ0v) is 13.8. The van der Waals surface area contributed by atoms with Gasteiger partial charge in [0, 0.05) is 6.42 Å². The molecule has 2 aromatic carbocycles. The van der Waals surface area contributed by atoms with Crippen molar-refractivity contribution in [1.29, 1.82) is 0 Å². The van der Waals surface area contributed by atoms with Crippen LogP contribution in [0.3, 0.4) is 0 Å². The maximum atomic E-state index is 12.8. The van der Waals surface area contributed by atoms with E-state index in [4.69, 9.17) is 14.2 Å². The zero-order valence-electron chi connectivity index (χ0n) is 13.8. The summed E-state index contributed by atoms with van der Waals surface area (Å²) in [6, 6.07) is 11.5. The van der Waals surface area contributed by atoms with Crippen LogP contribution < -0.4 is 19.5 Å². The summed E-state index contributed by atoms with van der Waals surface area (Å²) in [7, 11) is 0. The molecule has 0 spiro atoms. The minimum atomic E-state index is -0.306. The Hall–Kier alpha value is -2.76. The van der Waals surface area contributed by atoms with Gasteiger partial charge in [0.15, 0.2) is 11.5 Å². The van der Waals surface area contributed by atoms with Crippen LogP contribution in [0.25, 0.3) is 0 Å². The Bertz CT molecular complexity index is 718. The molecule has 1 heterocycles. The minimum absolute atomic E-state index is 0.0439. The number of hydrogen-bond acceptors (Lipinski definition) is 4. The number of carbonyl (C=O) groups excluding carboxylic acids is 1. The van der Waals surface area contributed by atoms with Crippen molar-refractivity contribution < 1.29 is 23.4 Å². The van der Waals surface area contributed by atoms with Crippen LogP contribution in [0.1, 0.15) is 12.0 Å². The normalized spacial score (nSPS) is 12.5. The van der Waals surface area contributed by atoms with Crippen LogP contribution in [-0.4, -0.2) is 32.3 Å². The largest absolute Gasteiger partial charge is 0.492 e. The number of rotatable bonds is 7. The highest BCUT2D eigenvalue weighted by molar-refractivity contribution is 5.76. The smallest absolute Gasteiger partial charge is 0.220 e. The van der Waals surface area contributed by atoms with Gasteiger partial charge < -0.3 is 19.5 Å². The number of nitrogens with one attached hydrogen (secondary N) is 1. The van der Waals surface area contributed by atoms with Crippen molar-refractivity contribution in [3.63, 3.8) is 0 Å². The molecular weight excluding hydrogens is 325 g/mol. The minimum Gasteiger partial charge on any atom is -0.492 e. The molecule has 0 saturated heterocycles. The fourth-order valence-electron chi connectivity index (χ4n) is 2.48. The number of aryl methyl sites for hydroxylation is 1. The van der Waals surface area contributed by atoms with Crippen LogP contribution in [0.2, 0.25) is 0 Å². The molecule has 1 N–H and O–H groups in total. The molecule has 25 heavy (non-hydrogen) atoms. The van der Waals surface area contributed by atoms with Crippen LogP contribution in [-0.2, 0) is 11.2 Å². The van der Waals surface area contributed by atoms with E-state index in [0.717, 1.165) is 17.1 Å². The molecule has 0 fully saturated rings. The van der Waals surface area contributed by atoms with E-state index in [-0.39, 0.29) is 11.7 Å². The Labute approximate surface area is 145 Å². The average Bonchev–Trinajstić information content (AvgIpc) is 2.65. The van der Waals surface area contributed by atoms with Crippen LogP contribution in [0, 0.1) is 5.82 Å². The number of fused-ring (bicyclic) bond motifs is 1. The van der Waals surface area contributed by atoms with Crippen molar-refractivity contribution in [1.82, 2.24) is 5.32 Å². The van der Waals surface area contributed by atoms with Crippen molar-refractivity contribution in [2.75, 3.05) is 26.4 Å². The Balaban J connectivity index is 1.36. The maximum Gasteiger partial charge on any atom is 0.220 e. The molecule has 0 unspecified atom stereocenters. The van der Waals surface area contributed by atoms with Crippen LogP contribution in [0.4, 0.5) is 4.39 Å². The molecule has 0 atom stereocenters. The summed E-state index contributed by atoms with van der Waals surface area (Å²) in [4.78, 5) is 11.9. The van der Waals surface area contributed by atoms with Gasteiger partial charge in [0.05, 0.1) is 6.54 Å². The van der Waals surface area contributed by atoms with E-state index in [2.05, 4.69) is 5.32 Å². The van der Waals surface area contributed by atoms with Gasteiger partial charge in [0.1, 0.15) is 31.4 Å².